The summed E-state index contributed by atoms with van der Waals surface area (Å²) in [4.78, 5) is 40.3. The molecule has 0 aliphatic heterocycles. The number of pyridine rings is 1. The van der Waals surface area contributed by atoms with Crippen molar-refractivity contribution in [1.29, 1.82) is 0 Å². The van der Waals surface area contributed by atoms with E-state index < -0.39 is 23.8 Å². The highest BCUT2D eigenvalue weighted by molar-refractivity contribution is 5.93. The van der Waals surface area contributed by atoms with Crippen LogP contribution in [0.3, 0.4) is 0 Å². The van der Waals surface area contributed by atoms with E-state index in [-0.39, 0.29) is 18.0 Å². The third-order valence-corrected chi connectivity index (χ3v) is 2.81. The summed E-state index contributed by atoms with van der Waals surface area (Å²) in [6.07, 6.45) is 2.35. The number of ether oxygens (including phenoxy) is 1. The van der Waals surface area contributed by atoms with Crippen molar-refractivity contribution in [3.05, 3.63) is 56.5 Å². The minimum absolute atomic E-state index is 0.0385. The van der Waals surface area contributed by atoms with Gasteiger partial charge in [-0.2, -0.15) is 8.78 Å². The van der Waals surface area contributed by atoms with E-state index in [0.29, 0.717) is 5.56 Å². The number of rotatable bonds is 5. The van der Waals surface area contributed by atoms with Gasteiger partial charge in [0.05, 0.1) is 0 Å². The molecule has 23 heavy (non-hydrogen) atoms. The van der Waals surface area contributed by atoms with Gasteiger partial charge in [-0.25, -0.2) is 9.78 Å². The predicted molar refractivity (Wildman–Crippen MR) is 74.3 cm³/mol. The van der Waals surface area contributed by atoms with E-state index in [0.717, 1.165) is 10.8 Å². The molecule has 0 radical (unpaired) electrons. The van der Waals surface area contributed by atoms with E-state index in [1.165, 1.54) is 25.4 Å². The third-order valence-electron chi connectivity index (χ3n) is 2.81. The lowest BCUT2D eigenvalue weighted by Crippen LogP contribution is -2.35. The predicted octanol–water partition coefficient (Wildman–Crippen LogP) is 0.0000000000000000555. The number of halogens is 2. The van der Waals surface area contributed by atoms with Crippen LogP contribution in [-0.2, 0) is 13.6 Å². The Morgan fingerprint density at radius 3 is 2.91 bits per heavy atom. The van der Waals surface area contributed by atoms with Gasteiger partial charge in [-0.15, -0.1) is 0 Å². The molecule has 2 N–H and O–H groups in total. The molecule has 1 amide bonds. The molecule has 0 spiro atoms. The van der Waals surface area contributed by atoms with Crippen molar-refractivity contribution in [2.75, 3.05) is 0 Å². The van der Waals surface area contributed by atoms with Gasteiger partial charge in [0.15, 0.2) is 0 Å². The molecule has 0 bridgehead atoms. The Kier molecular flexibility index (Phi) is 4.84. The Hall–Kier alpha value is -3.04. The van der Waals surface area contributed by atoms with Crippen molar-refractivity contribution in [1.82, 2.24) is 19.9 Å². The summed E-state index contributed by atoms with van der Waals surface area (Å²) in [5.41, 5.74) is -1.26. The van der Waals surface area contributed by atoms with Crippen molar-refractivity contribution in [2.24, 2.45) is 7.05 Å². The van der Waals surface area contributed by atoms with Crippen molar-refractivity contribution in [2.45, 2.75) is 13.2 Å². The number of nitrogens with zero attached hydrogens (tertiary/aromatic N) is 2. The molecule has 0 saturated heterocycles. The number of nitrogens with one attached hydrogen (secondary N) is 2. The van der Waals surface area contributed by atoms with Crippen LogP contribution in [0, 0.1) is 0 Å². The maximum Gasteiger partial charge on any atom is 0.388 e. The average molecular weight is 326 g/mol. The highest BCUT2D eigenvalue weighted by atomic mass is 19.3. The molecule has 122 valence electrons. The number of aromatic nitrogens is 3. The van der Waals surface area contributed by atoms with Gasteiger partial charge in [0.1, 0.15) is 5.56 Å². The summed E-state index contributed by atoms with van der Waals surface area (Å²) in [7, 11) is 1.38. The quantitative estimate of drug-likeness (QED) is 0.804. The number of hydrogen-bond acceptors (Lipinski definition) is 5. The lowest BCUT2D eigenvalue weighted by atomic mass is 10.2. The van der Waals surface area contributed by atoms with Crippen LogP contribution in [0.25, 0.3) is 0 Å². The number of hydrogen-bond donors (Lipinski definition) is 2. The Balaban J connectivity index is 2.09. The molecule has 0 fully saturated rings. The van der Waals surface area contributed by atoms with Crippen molar-refractivity contribution >= 4 is 5.91 Å². The summed E-state index contributed by atoms with van der Waals surface area (Å²) >= 11 is 0. The van der Waals surface area contributed by atoms with Crippen LogP contribution in [0.15, 0.2) is 34.1 Å². The number of carbonyl (C=O) groups excluding carboxylic acids is 1. The zero-order valence-corrected chi connectivity index (χ0v) is 11.9. The van der Waals surface area contributed by atoms with Gasteiger partial charge in [-0.3, -0.25) is 14.6 Å². The Morgan fingerprint density at radius 1 is 1.48 bits per heavy atom. The molecule has 8 nitrogen and oxygen atoms in total. The lowest BCUT2D eigenvalue weighted by Gasteiger charge is -2.07. The van der Waals surface area contributed by atoms with Gasteiger partial charge < -0.3 is 14.6 Å². The molecule has 2 aromatic heterocycles. The maximum atomic E-state index is 12.1. The summed E-state index contributed by atoms with van der Waals surface area (Å²) in [5, 5.41) is 2.44. The van der Waals surface area contributed by atoms with Crippen molar-refractivity contribution in [3.8, 4) is 5.88 Å². The Morgan fingerprint density at radius 2 is 2.22 bits per heavy atom. The molecule has 0 aliphatic rings. The average Bonchev–Trinajstić information content (AvgIpc) is 2.48. The number of alkyl halides is 2. The van der Waals surface area contributed by atoms with Gasteiger partial charge >= 0.3 is 12.3 Å². The largest absolute Gasteiger partial charge is 0.417 e. The number of amides is 1. The first-order valence-electron chi connectivity index (χ1n) is 6.34. The molecular formula is C13H12F2N4O4. The van der Waals surface area contributed by atoms with Crippen LogP contribution in [-0.4, -0.2) is 27.1 Å². The second kappa shape index (κ2) is 6.81. The topological polar surface area (TPSA) is 106 Å². The molecule has 0 aliphatic carbocycles. The second-order valence-electron chi connectivity index (χ2n) is 4.48. The normalized spacial score (nSPS) is 10.6. The van der Waals surface area contributed by atoms with Crippen LogP contribution >= 0.6 is 0 Å². The van der Waals surface area contributed by atoms with Gasteiger partial charge in [0.25, 0.3) is 11.5 Å². The van der Waals surface area contributed by atoms with E-state index in [1.54, 1.807) is 0 Å². The second-order valence-corrected chi connectivity index (χ2v) is 4.48. The van der Waals surface area contributed by atoms with Crippen LogP contribution < -0.4 is 21.3 Å². The summed E-state index contributed by atoms with van der Waals surface area (Å²) in [5.74, 6) is -0.998. The fraction of sp³-hybridized carbons (Fsp3) is 0.231. The van der Waals surface area contributed by atoms with Gasteiger partial charge in [0.2, 0.25) is 5.88 Å². The monoisotopic (exact) mass is 326 g/mol. The molecule has 2 heterocycles. The number of aryl methyl sites for hydroxylation is 1. The van der Waals surface area contributed by atoms with E-state index in [9.17, 15) is 23.2 Å². The molecule has 2 rings (SSSR count). The first-order valence-corrected chi connectivity index (χ1v) is 6.34. The fourth-order valence-electron chi connectivity index (χ4n) is 1.72. The maximum absolute atomic E-state index is 12.1. The first kappa shape index (κ1) is 16.3. The van der Waals surface area contributed by atoms with E-state index >= 15 is 0 Å². The number of aromatic amines is 1. The minimum atomic E-state index is -3.00. The Labute approximate surface area is 127 Å². The molecule has 10 heteroatoms. The van der Waals surface area contributed by atoms with E-state index in [2.05, 4.69) is 15.0 Å². The number of carbonyl (C=O) groups is 1. The summed E-state index contributed by atoms with van der Waals surface area (Å²) in [6, 6.07) is 2.72. The van der Waals surface area contributed by atoms with Crippen LogP contribution in [0.2, 0.25) is 0 Å². The fourth-order valence-corrected chi connectivity index (χ4v) is 1.72. The smallest absolute Gasteiger partial charge is 0.388 e. The highest BCUT2D eigenvalue weighted by Crippen LogP contribution is 2.12. The molecular weight excluding hydrogens is 314 g/mol. The van der Waals surface area contributed by atoms with E-state index in [4.69, 9.17) is 0 Å². The molecule has 2 aromatic rings. The number of H-pyrrole nitrogens is 1. The Bertz CT molecular complexity index is 831. The molecule has 0 aromatic carbocycles. The molecule has 0 atom stereocenters. The molecule has 0 saturated carbocycles. The summed E-state index contributed by atoms with van der Waals surface area (Å²) < 4.78 is 29.4. The van der Waals surface area contributed by atoms with Crippen LogP contribution in [0.1, 0.15) is 15.9 Å². The first-order chi connectivity index (χ1) is 10.9. The van der Waals surface area contributed by atoms with Crippen LogP contribution in [0.5, 0.6) is 5.88 Å². The molecule has 0 unspecified atom stereocenters. The SMILES string of the molecule is Cn1cc(C(=O)NCc2ccnc(OC(F)F)c2)c(=O)[nH]c1=O. The summed E-state index contributed by atoms with van der Waals surface area (Å²) in [6.45, 7) is -3.04. The van der Waals surface area contributed by atoms with Crippen LogP contribution in [0.4, 0.5) is 8.78 Å². The van der Waals surface area contributed by atoms with Crippen molar-refractivity contribution < 1.29 is 18.3 Å². The lowest BCUT2D eigenvalue weighted by molar-refractivity contribution is -0.0529. The van der Waals surface area contributed by atoms with Gasteiger partial charge in [-0.1, -0.05) is 0 Å². The minimum Gasteiger partial charge on any atom is -0.417 e. The van der Waals surface area contributed by atoms with Gasteiger partial charge in [-0.05, 0) is 11.6 Å². The standard InChI is InChI=1S/C13H12F2N4O4/c1-19-6-8(11(21)18-13(19)22)10(20)17-5-7-2-3-16-9(4-7)23-12(14)15/h2-4,6,12H,5H2,1H3,(H,17,20)(H,18,21,22). The third kappa shape index (κ3) is 4.22. The highest BCUT2D eigenvalue weighted by Gasteiger charge is 2.12. The zero-order valence-electron chi connectivity index (χ0n) is 11.9. The van der Waals surface area contributed by atoms with E-state index in [1.807, 2.05) is 4.98 Å². The zero-order chi connectivity index (χ0) is 17.0. The van der Waals surface area contributed by atoms with Gasteiger partial charge in [0, 0.05) is 32.1 Å². The van der Waals surface area contributed by atoms with Crippen molar-refractivity contribution in [3.63, 3.8) is 0 Å².